The van der Waals surface area contributed by atoms with E-state index in [1.165, 1.54) is 45.4 Å². The fraction of sp³-hybridized carbons (Fsp3) is 0.174. The van der Waals surface area contributed by atoms with Crippen molar-refractivity contribution in [3.05, 3.63) is 71.8 Å². The summed E-state index contributed by atoms with van der Waals surface area (Å²) < 4.78 is 44.1. The fourth-order valence-electron chi connectivity index (χ4n) is 2.88. The van der Waals surface area contributed by atoms with Crippen molar-refractivity contribution in [3.63, 3.8) is 0 Å². The summed E-state index contributed by atoms with van der Waals surface area (Å²) in [5.74, 6) is 0.957. The zero-order valence-corrected chi connectivity index (χ0v) is 19.7. The molecule has 10 heteroatoms. The molecule has 33 heavy (non-hydrogen) atoms. The summed E-state index contributed by atoms with van der Waals surface area (Å²) in [6.07, 6.45) is 0. The third-order valence-corrected chi connectivity index (χ3v) is 6.33. The van der Waals surface area contributed by atoms with E-state index in [0.717, 1.165) is 0 Å². The van der Waals surface area contributed by atoms with Gasteiger partial charge in [0.25, 0.3) is 0 Å². The van der Waals surface area contributed by atoms with Gasteiger partial charge >= 0.3 is 0 Å². The number of rotatable bonds is 9. The van der Waals surface area contributed by atoms with Gasteiger partial charge in [-0.25, -0.2) is 8.42 Å². The van der Waals surface area contributed by atoms with E-state index in [-0.39, 0.29) is 10.6 Å². The molecule has 0 aliphatic rings. The van der Waals surface area contributed by atoms with Crippen LogP contribution in [-0.2, 0) is 14.8 Å². The minimum absolute atomic E-state index is 0.0735. The van der Waals surface area contributed by atoms with E-state index in [1.807, 2.05) is 18.2 Å². The highest BCUT2D eigenvalue weighted by atomic mass is 35.5. The van der Waals surface area contributed by atoms with Crippen LogP contribution in [0.4, 0.5) is 5.69 Å². The number of amides is 1. The van der Waals surface area contributed by atoms with Gasteiger partial charge in [0.2, 0.25) is 15.9 Å². The molecule has 3 aromatic rings. The quantitative estimate of drug-likeness (QED) is 0.459. The Kier molecular flexibility index (Phi) is 7.80. The maximum atomic E-state index is 12.8. The molecule has 1 unspecified atom stereocenters. The monoisotopic (exact) mass is 490 g/mol. The van der Waals surface area contributed by atoms with Crippen LogP contribution in [0.3, 0.4) is 0 Å². The fourth-order valence-corrected chi connectivity index (χ4v) is 4.27. The number of hydrogen-bond acceptors (Lipinski definition) is 6. The van der Waals surface area contributed by atoms with E-state index in [0.29, 0.717) is 28.0 Å². The number of nitrogens with one attached hydrogen (secondary N) is 2. The molecule has 0 aromatic heterocycles. The van der Waals surface area contributed by atoms with E-state index in [9.17, 15) is 13.2 Å². The van der Waals surface area contributed by atoms with Crippen LogP contribution in [0.2, 0.25) is 5.02 Å². The number of ether oxygens (including phenoxy) is 3. The minimum Gasteiger partial charge on any atom is -0.493 e. The molecule has 1 atom stereocenters. The predicted octanol–water partition coefficient (Wildman–Crippen LogP) is 4.46. The van der Waals surface area contributed by atoms with Crippen molar-refractivity contribution in [2.75, 3.05) is 19.5 Å². The van der Waals surface area contributed by atoms with Crippen molar-refractivity contribution >= 4 is 33.2 Å². The van der Waals surface area contributed by atoms with Gasteiger partial charge in [-0.1, -0.05) is 29.8 Å². The molecule has 0 spiro atoms. The number of hydrogen-bond donors (Lipinski definition) is 2. The average Bonchev–Trinajstić information content (AvgIpc) is 2.80. The molecule has 0 aliphatic heterocycles. The molecule has 2 N–H and O–H groups in total. The first-order chi connectivity index (χ1) is 15.7. The molecule has 0 saturated heterocycles. The van der Waals surface area contributed by atoms with Crippen molar-refractivity contribution in [3.8, 4) is 23.0 Å². The van der Waals surface area contributed by atoms with Crippen molar-refractivity contribution in [2.24, 2.45) is 0 Å². The van der Waals surface area contributed by atoms with Gasteiger partial charge in [0, 0.05) is 11.1 Å². The van der Waals surface area contributed by atoms with Crippen LogP contribution in [0.1, 0.15) is 6.92 Å². The lowest BCUT2D eigenvalue weighted by Crippen LogP contribution is -2.41. The van der Waals surface area contributed by atoms with Gasteiger partial charge in [-0.05, 0) is 49.4 Å². The van der Waals surface area contributed by atoms with Crippen molar-refractivity contribution in [2.45, 2.75) is 17.9 Å². The smallest absolute Gasteiger partial charge is 0.242 e. The first-order valence-corrected chi connectivity index (χ1v) is 11.7. The Morgan fingerprint density at radius 1 is 0.909 bits per heavy atom. The summed E-state index contributed by atoms with van der Waals surface area (Å²) in [6.45, 7) is 1.43. The molecule has 0 aliphatic carbocycles. The lowest BCUT2D eigenvalue weighted by molar-refractivity contribution is -0.117. The topological polar surface area (TPSA) is 103 Å². The second-order valence-electron chi connectivity index (χ2n) is 6.90. The van der Waals surface area contributed by atoms with Crippen LogP contribution in [0, 0.1) is 0 Å². The lowest BCUT2D eigenvalue weighted by atomic mass is 10.2. The first kappa shape index (κ1) is 24.4. The van der Waals surface area contributed by atoms with Gasteiger partial charge in [-0.3, -0.25) is 4.79 Å². The van der Waals surface area contributed by atoms with E-state index < -0.39 is 22.0 Å². The van der Waals surface area contributed by atoms with Gasteiger partial charge in [0.1, 0.15) is 5.75 Å². The molecule has 0 radical (unpaired) electrons. The third-order valence-electron chi connectivity index (χ3n) is 4.56. The Labute approximate surface area is 197 Å². The number of halogens is 1. The maximum Gasteiger partial charge on any atom is 0.242 e. The Bertz CT molecular complexity index is 1230. The van der Waals surface area contributed by atoms with Crippen molar-refractivity contribution < 1.29 is 27.4 Å². The summed E-state index contributed by atoms with van der Waals surface area (Å²) in [6, 6.07) is 16.8. The number of sulfonamides is 1. The molecule has 0 fully saturated rings. The summed E-state index contributed by atoms with van der Waals surface area (Å²) >= 11 is 6.08. The molecule has 0 heterocycles. The number of methoxy groups -OCH3 is 2. The number of para-hydroxylation sites is 1. The first-order valence-electron chi connectivity index (χ1n) is 9.81. The maximum absolute atomic E-state index is 12.8. The normalized spacial score (nSPS) is 12.0. The average molecular weight is 491 g/mol. The Morgan fingerprint density at radius 2 is 1.58 bits per heavy atom. The number of anilines is 1. The molecule has 0 bridgehead atoms. The standard InChI is InChI=1S/C23H23ClN2O6S/c1-15(26-33(28,29)18-10-12-21(30-2)22(14-18)31-3)23(27)25-19-13-16(24)9-11-20(19)32-17-7-5-4-6-8-17/h4-15,26H,1-3H3,(H,25,27). The molecular formula is C23H23ClN2O6S. The number of carbonyl (C=O) groups is 1. The van der Waals surface area contributed by atoms with Crippen LogP contribution in [-0.4, -0.2) is 34.6 Å². The lowest BCUT2D eigenvalue weighted by Gasteiger charge is -2.17. The van der Waals surface area contributed by atoms with Gasteiger partial charge in [-0.2, -0.15) is 4.72 Å². The minimum atomic E-state index is -4.02. The van der Waals surface area contributed by atoms with Gasteiger partial charge in [0.15, 0.2) is 17.2 Å². The summed E-state index contributed by atoms with van der Waals surface area (Å²) in [4.78, 5) is 12.7. The Balaban J connectivity index is 1.76. The highest BCUT2D eigenvalue weighted by molar-refractivity contribution is 7.89. The molecule has 0 saturated carbocycles. The SMILES string of the molecule is COc1ccc(S(=O)(=O)NC(C)C(=O)Nc2cc(Cl)ccc2Oc2ccccc2)cc1OC. The summed E-state index contributed by atoms with van der Waals surface area (Å²) in [5, 5.41) is 3.05. The van der Waals surface area contributed by atoms with Crippen molar-refractivity contribution in [1.82, 2.24) is 4.72 Å². The van der Waals surface area contributed by atoms with Gasteiger partial charge in [-0.15, -0.1) is 0 Å². The third kappa shape index (κ3) is 6.16. The van der Waals surface area contributed by atoms with E-state index in [1.54, 1.807) is 24.3 Å². The zero-order valence-electron chi connectivity index (χ0n) is 18.2. The summed E-state index contributed by atoms with van der Waals surface area (Å²) in [7, 11) is -1.18. The van der Waals surface area contributed by atoms with E-state index in [4.69, 9.17) is 25.8 Å². The second-order valence-corrected chi connectivity index (χ2v) is 9.06. The van der Waals surface area contributed by atoms with E-state index in [2.05, 4.69) is 10.0 Å². The molecule has 174 valence electrons. The molecule has 3 aromatic carbocycles. The van der Waals surface area contributed by atoms with Crippen LogP contribution in [0.15, 0.2) is 71.6 Å². The predicted molar refractivity (Wildman–Crippen MR) is 126 cm³/mol. The molecule has 8 nitrogen and oxygen atoms in total. The number of carbonyl (C=O) groups excluding carboxylic acids is 1. The van der Waals surface area contributed by atoms with E-state index >= 15 is 0 Å². The number of benzene rings is 3. The van der Waals surface area contributed by atoms with Gasteiger partial charge < -0.3 is 19.5 Å². The molecule has 1 amide bonds. The van der Waals surface area contributed by atoms with Crippen LogP contribution >= 0.6 is 11.6 Å². The Morgan fingerprint density at radius 3 is 2.24 bits per heavy atom. The summed E-state index contributed by atoms with van der Waals surface area (Å²) in [5.41, 5.74) is 0.300. The van der Waals surface area contributed by atoms with Crippen molar-refractivity contribution in [1.29, 1.82) is 0 Å². The van der Waals surface area contributed by atoms with Crippen LogP contribution in [0.25, 0.3) is 0 Å². The van der Waals surface area contributed by atoms with Crippen LogP contribution in [0.5, 0.6) is 23.0 Å². The highest BCUT2D eigenvalue weighted by Crippen LogP contribution is 2.32. The van der Waals surface area contributed by atoms with Gasteiger partial charge in [0.05, 0.1) is 30.8 Å². The molecule has 3 rings (SSSR count). The highest BCUT2D eigenvalue weighted by Gasteiger charge is 2.24. The second kappa shape index (κ2) is 10.6. The molecular weight excluding hydrogens is 468 g/mol. The largest absolute Gasteiger partial charge is 0.493 e. The zero-order chi connectivity index (χ0) is 24.0. The Hall–Kier alpha value is -3.27. The van der Waals surface area contributed by atoms with Crippen LogP contribution < -0.4 is 24.2 Å².